The van der Waals surface area contributed by atoms with E-state index in [-0.39, 0.29) is 6.04 Å². The van der Waals surface area contributed by atoms with E-state index in [9.17, 15) is 0 Å². The number of rotatable bonds is 9. The topological polar surface area (TPSA) is 68.5 Å². The Morgan fingerprint density at radius 2 is 1.66 bits per heavy atom. The van der Waals surface area contributed by atoms with Gasteiger partial charge in [-0.2, -0.15) is 0 Å². The fourth-order valence-electron chi connectivity index (χ4n) is 5.63. The van der Waals surface area contributed by atoms with Crippen LogP contribution in [0.4, 0.5) is 0 Å². The highest BCUT2D eigenvalue weighted by molar-refractivity contribution is 5.42. The van der Waals surface area contributed by atoms with Crippen LogP contribution in [0.5, 0.6) is 11.5 Å². The largest absolute Gasteiger partial charge is 0.493 e. The maximum absolute atomic E-state index is 5.48. The molecular weight excluding hydrogens is 440 g/mol. The lowest BCUT2D eigenvalue weighted by Crippen LogP contribution is -2.51. The molecular formula is C27H36N6O2. The quantitative estimate of drug-likeness (QED) is 0.468. The van der Waals surface area contributed by atoms with Crippen molar-refractivity contribution in [3.05, 3.63) is 65.5 Å². The molecule has 2 heterocycles. The molecule has 2 aromatic carbocycles. The zero-order valence-electron chi connectivity index (χ0n) is 20.8. The van der Waals surface area contributed by atoms with Gasteiger partial charge in [0.2, 0.25) is 0 Å². The van der Waals surface area contributed by atoms with Gasteiger partial charge in [-0.05, 0) is 52.9 Å². The summed E-state index contributed by atoms with van der Waals surface area (Å²) in [6.07, 6.45) is 6.28. The maximum atomic E-state index is 5.48. The van der Waals surface area contributed by atoms with E-state index in [1.165, 1.54) is 31.2 Å². The summed E-state index contributed by atoms with van der Waals surface area (Å²) in [4.78, 5) is 5.25. The number of aryl methyl sites for hydroxylation is 2. The van der Waals surface area contributed by atoms with Crippen molar-refractivity contribution in [3.8, 4) is 11.5 Å². The van der Waals surface area contributed by atoms with Gasteiger partial charge in [0.05, 0.1) is 20.3 Å². The van der Waals surface area contributed by atoms with E-state index in [2.05, 4.69) is 61.7 Å². The molecule has 8 heteroatoms. The lowest BCUT2D eigenvalue weighted by Gasteiger charge is -2.41. The molecule has 8 nitrogen and oxygen atoms in total. The molecule has 1 saturated heterocycles. The number of piperazine rings is 1. The molecule has 0 bridgehead atoms. The van der Waals surface area contributed by atoms with E-state index in [4.69, 9.17) is 9.47 Å². The monoisotopic (exact) mass is 476 g/mol. The van der Waals surface area contributed by atoms with Crippen molar-refractivity contribution in [2.24, 2.45) is 0 Å². The summed E-state index contributed by atoms with van der Waals surface area (Å²) in [5.74, 6) is 2.38. The Hall–Kier alpha value is -2.97. The first-order valence-corrected chi connectivity index (χ1v) is 12.8. The Labute approximate surface area is 207 Å². The van der Waals surface area contributed by atoms with Gasteiger partial charge in [-0.3, -0.25) is 9.80 Å². The van der Waals surface area contributed by atoms with Gasteiger partial charge in [-0.25, -0.2) is 4.68 Å². The van der Waals surface area contributed by atoms with Crippen LogP contribution in [0.3, 0.4) is 0 Å². The predicted molar refractivity (Wildman–Crippen MR) is 135 cm³/mol. The Balaban J connectivity index is 1.34. The van der Waals surface area contributed by atoms with Gasteiger partial charge in [0.25, 0.3) is 0 Å². The first-order valence-electron chi connectivity index (χ1n) is 12.8. The van der Waals surface area contributed by atoms with Crippen molar-refractivity contribution >= 4 is 0 Å². The average Bonchev–Trinajstić information content (AvgIpc) is 3.61. The summed E-state index contributed by atoms with van der Waals surface area (Å²) in [6, 6.07) is 17.5. The van der Waals surface area contributed by atoms with Crippen molar-refractivity contribution in [1.29, 1.82) is 0 Å². The Morgan fingerprint density at radius 3 is 2.37 bits per heavy atom. The van der Waals surface area contributed by atoms with Crippen LogP contribution < -0.4 is 9.47 Å². The molecule has 1 aliphatic heterocycles. The first-order chi connectivity index (χ1) is 17.3. The van der Waals surface area contributed by atoms with Gasteiger partial charge in [0, 0.05) is 38.8 Å². The summed E-state index contributed by atoms with van der Waals surface area (Å²) in [5.41, 5.74) is 2.40. The molecule has 1 aromatic heterocycles. The number of methoxy groups -OCH3 is 2. The summed E-state index contributed by atoms with van der Waals surface area (Å²) in [5, 5.41) is 13.0. The molecule has 2 fully saturated rings. The van der Waals surface area contributed by atoms with Crippen LogP contribution >= 0.6 is 0 Å². The number of nitrogens with zero attached hydrogens (tertiary/aromatic N) is 6. The van der Waals surface area contributed by atoms with Crippen LogP contribution in [0.25, 0.3) is 0 Å². The van der Waals surface area contributed by atoms with Gasteiger partial charge in [0.1, 0.15) is 0 Å². The van der Waals surface area contributed by atoms with E-state index in [0.29, 0.717) is 6.54 Å². The van der Waals surface area contributed by atoms with E-state index >= 15 is 0 Å². The van der Waals surface area contributed by atoms with E-state index in [1.807, 2.05) is 16.8 Å². The molecule has 1 unspecified atom stereocenters. The minimum atomic E-state index is 0.0438. The van der Waals surface area contributed by atoms with Crippen LogP contribution in [0.15, 0.2) is 48.5 Å². The fraction of sp³-hybridized carbons (Fsp3) is 0.519. The molecule has 3 aromatic rings. The molecule has 1 aliphatic carbocycles. The summed E-state index contributed by atoms with van der Waals surface area (Å²) >= 11 is 0. The Kier molecular flexibility index (Phi) is 7.59. The molecule has 5 rings (SSSR count). The van der Waals surface area contributed by atoms with Crippen LogP contribution in [0.1, 0.15) is 48.7 Å². The normalized spacial score (nSPS) is 18.6. The van der Waals surface area contributed by atoms with Gasteiger partial charge in [-0.15, -0.1) is 5.10 Å². The predicted octanol–water partition coefficient (Wildman–Crippen LogP) is 3.58. The molecule has 0 N–H and O–H groups in total. The number of aromatic nitrogens is 4. The highest BCUT2D eigenvalue weighted by Gasteiger charge is 2.32. The Bertz CT molecular complexity index is 1070. The van der Waals surface area contributed by atoms with Crippen molar-refractivity contribution in [2.45, 2.75) is 50.7 Å². The smallest absolute Gasteiger partial charge is 0.173 e. The van der Waals surface area contributed by atoms with E-state index in [0.717, 1.165) is 61.5 Å². The summed E-state index contributed by atoms with van der Waals surface area (Å²) in [7, 11) is 3.32. The van der Waals surface area contributed by atoms with Crippen LogP contribution in [0.2, 0.25) is 0 Å². The van der Waals surface area contributed by atoms with Gasteiger partial charge in [0.15, 0.2) is 17.3 Å². The Morgan fingerprint density at radius 1 is 0.914 bits per heavy atom. The number of hydrogen-bond acceptors (Lipinski definition) is 7. The molecule has 0 radical (unpaired) electrons. The second kappa shape index (κ2) is 11.2. The van der Waals surface area contributed by atoms with Gasteiger partial charge in [-0.1, -0.05) is 49.2 Å². The number of tetrazole rings is 1. The number of hydrogen-bond donors (Lipinski definition) is 0. The fourth-order valence-corrected chi connectivity index (χ4v) is 5.63. The first kappa shape index (κ1) is 23.8. The standard InChI is InChI=1S/C27H36N6O2/c1-34-24-13-12-21(20-25(24)35-2)14-15-33-27(28-29-30-33)26(22-8-4-3-5-9-22)32-18-16-31(17-19-32)23-10-6-7-11-23/h3-5,8-9,12-13,20,23,26H,6-7,10-11,14-19H2,1-2H3. The zero-order chi connectivity index (χ0) is 24.0. The maximum Gasteiger partial charge on any atom is 0.173 e. The van der Waals surface area contributed by atoms with Crippen LogP contribution in [-0.4, -0.2) is 76.4 Å². The molecule has 2 aliphatic rings. The number of ether oxygens (including phenoxy) is 2. The summed E-state index contributed by atoms with van der Waals surface area (Å²) in [6.45, 7) is 4.98. The third-order valence-corrected chi connectivity index (χ3v) is 7.53. The van der Waals surface area contributed by atoms with Crippen molar-refractivity contribution < 1.29 is 9.47 Å². The number of benzene rings is 2. The van der Waals surface area contributed by atoms with Crippen molar-refractivity contribution in [1.82, 2.24) is 30.0 Å². The highest BCUT2D eigenvalue weighted by atomic mass is 16.5. The molecule has 35 heavy (non-hydrogen) atoms. The van der Waals surface area contributed by atoms with Crippen LogP contribution in [-0.2, 0) is 13.0 Å². The molecule has 1 atom stereocenters. The van der Waals surface area contributed by atoms with E-state index in [1.54, 1.807) is 14.2 Å². The molecule has 186 valence electrons. The minimum Gasteiger partial charge on any atom is -0.493 e. The third kappa shape index (κ3) is 5.33. The van der Waals surface area contributed by atoms with E-state index < -0.39 is 0 Å². The van der Waals surface area contributed by atoms with Gasteiger partial charge < -0.3 is 9.47 Å². The SMILES string of the molecule is COc1ccc(CCn2nnnc2C(c2ccccc2)N2CCN(C3CCCC3)CC2)cc1OC. The average molecular weight is 477 g/mol. The third-order valence-electron chi connectivity index (χ3n) is 7.53. The van der Waals surface area contributed by atoms with Gasteiger partial charge >= 0.3 is 0 Å². The van der Waals surface area contributed by atoms with Crippen molar-refractivity contribution in [3.63, 3.8) is 0 Å². The molecule has 1 saturated carbocycles. The minimum absolute atomic E-state index is 0.0438. The van der Waals surface area contributed by atoms with Crippen molar-refractivity contribution in [2.75, 3.05) is 40.4 Å². The zero-order valence-corrected chi connectivity index (χ0v) is 20.8. The second-order valence-electron chi connectivity index (χ2n) is 9.52. The lowest BCUT2D eigenvalue weighted by molar-refractivity contribution is 0.0770. The second-order valence-corrected chi connectivity index (χ2v) is 9.52. The lowest BCUT2D eigenvalue weighted by atomic mass is 10.0. The molecule has 0 spiro atoms. The van der Waals surface area contributed by atoms with Crippen LogP contribution in [0, 0.1) is 0 Å². The summed E-state index contributed by atoms with van der Waals surface area (Å²) < 4.78 is 12.8. The highest BCUT2D eigenvalue weighted by Crippen LogP contribution is 2.31. The molecule has 0 amide bonds.